The van der Waals surface area contributed by atoms with Gasteiger partial charge in [-0.3, -0.25) is 0 Å². The summed E-state index contributed by atoms with van der Waals surface area (Å²) in [5, 5.41) is 12.2. The number of rotatable bonds is 2. The maximum Gasteiger partial charge on any atom is 0.0994 e. The Morgan fingerprint density at radius 3 is 2.44 bits per heavy atom. The van der Waals surface area contributed by atoms with E-state index >= 15 is 0 Å². The van der Waals surface area contributed by atoms with Crippen LogP contribution in [0, 0.1) is 21.8 Å². The van der Waals surface area contributed by atoms with E-state index in [2.05, 4.69) is 49.9 Å². The molecule has 0 spiro atoms. The summed E-state index contributed by atoms with van der Waals surface area (Å²) in [6.45, 7) is 1.94. The third kappa shape index (κ3) is 3.03. The van der Waals surface area contributed by atoms with Crippen molar-refractivity contribution >= 4 is 49.9 Å². The van der Waals surface area contributed by atoms with E-state index in [1.807, 2.05) is 43.3 Å². The number of nitriles is 1. The second-order valence-corrected chi connectivity index (χ2v) is 5.91. The van der Waals surface area contributed by atoms with Gasteiger partial charge < -0.3 is 5.32 Å². The Kier molecular flexibility index (Phi) is 4.25. The summed E-state index contributed by atoms with van der Waals surface area (Å²) in [6.07, 6.45) is 0. The molecule has 0 aliphatic heterocycles. The van der Waals surface area contributed by atoms with Crippen LogP contribution in [0.3, 0.4) is 0 Å². The quantitative estimate of drug-likeness (QED) is 0.706. The predicted octanol–water partition coefficient (Wildman–Crippen LogP) is 4.98. The third-order valence-electron chi connectivity index (χ3n) is 2.56. The van der Waals surface area contributed by atoms with Crippen molar-refractivity contribution in [1.29, 1.82) is 5.26 Å². The van der Waals surface area contributed by atoms with Gasteiger partial charge in [-0.05, 0) is 87.4 Å². The summed E-state index contributed by atoms with van der Waals surface area (Å²) >= 11 is 5.78. The summed E-state index contributed by atoms with van der Waals surface area (Å²) in [6, 6.07) is 14.0. The van der Waals surface area contributed by atoms with Crippen molar-refractivity contribution < 1.29 is 0 Å². The summed E-state index contributed by atoms with van der Waals surface area (Å²) in [7, 11) is 0. The van der Waals surface area contributed by atoms with Gasteiger partial charge in [-0.15, -0.1) is 0 Å². The molecule has 0 aliphatic rings. The Labute approximate surface area is 128 Å². The molecular formula is C14H10BrIN2. The van der Waals surface area contributed by atoms with E-state index in [-0.39, 0.29) is 0 Å². The molecule has 0 fully saturated rings. The van der Waals surface area contributed by atoms with Gasteiger partial charge in [0, 0.05) is 19.4 Å². The number of nitrogens with zero attached hydrogens (tertiary/aromatic N) is 1. The molecule has 0 saturated heterocycles. The molecule has 0 aromatic heterocycles. The highest BCUT2D eigenvalue weighted by molar-refractivity contribution is 14.1. The fourth-order valence-corrected chi connectivity index (χ4v) is 2.32. The van der Waals surface area contributed by atoms with Crippen molar-refractivity contribution in [2.45, 2.75) is 6.92 Å². The largest absolute Gasteiger partial charge is 0.355 e. The standard InChI is InChI=1S/C14H10BrIN2/c1-9-6-11(3-2-10(9)8-17)18-12-4-5-14(16)13(15)7-12/h2-7,18H,1H3. The number of hydrogen-bond acceptors (Lipinski definition) is 2. The molecule has 90 valence electrons. The molecule has 18 heavy (non-hydrogen) atoms. The van der Waals surface area contributed by atoms with Crippen molar-refractivity contribution in [3.63, 3.8) is 0 Å². The molecule has 2 aromatic rings. The second kappa shape index (κ2) is 5.72. The number of anilines is 2. The first-order valence-electron chi connectivity index (χ1n) is 5.33. The van der Waals surface area contributed by atoms with Gasteiger partial charge in [-0.1, -0.05) is 0 Å². The average Bonchev–Trinajstić information content (AvgIpc) is 2.34. The summed E-state index contributed by atoms with van der Waals surface area (Å²) < 4.78 is 2.24. The van der Waals surface area contributed by atoms with Gasteiger partial charge in [0.2, 0.25) is 0 Å². The Morgan fingerprint density at radius 1 is 1.17 bits per heavy atom. The zero-order valence-corrected chi connectivity index (χ0v) is 13.4. The first-order valence-corrected chi connectivity index (χ1v) is 7.20. The van der Waals surface area contributed by atoms with E-state index in [0.29, 0.717) is 5.56 Å². The Balaban J connectivity index is 2.26. The lowest BCUT2D eigenvalue weighted by Gasteiger charge is -2.09. The maximum absolute atomic E-state index is 8.89. The minimum Gasteiger partial charge on any atom is -0.355 e. The Morgan fingerprint density at radius 2 is 1.83 bits per heavy atom. The molecule has 0 aliphatic carbocycles. The molecule has 2 aromatic carbocycles. The van der Waals surface area contributed by atoms with Crippen molar-refractivity contribution in [2.75, 3.05) is 5.32 Å². The van der Waals surface area contributed by atoms with Crippen LogP contribution < -0.4 is 5.32 Å². The Bertz CT molecular complexity index is 632. The highest BCUT2D eigenvalue weighted by Gasteiger charge is 2.01. The maximum atomic E-state index is 8.89. The number of halogens is 2. The van der Waals surface area contributed by atoms with E-state index in [0.717, 1.165) is 21.4 Å². The molecule has 1 N–H and O–H groups in total. The summed E-state index contributed by atoms with van der Waals surface area (Å²) in [4.78, 5) is 0. The van der Waals surface area contributed by atoms with Crippen molar-refractivity contribution in [2.24, 2.45) is 0 Å². The molecule has 0 saturated carbocycles. The second-order valence-electron chi connectivity index (χ2n) is 3.90. The highest BCUT2D eigenvalue weighted by atomic mass is 127. The highest BCUT2D eigenvalue weighted by Crippen LogP contribution is 2.25. The van der Waals surface area contributed by atoms with Gasteiger partial charge in [-0.25, -0.2) is 0 Å². The number of benzene rings is 2. The van der Waals surface area contributed by atoms with Crippen LogP contribution >= 0.6 is 38.5 Å². The van der Waals surface area contributed by atoms with Crippen LogP contribution in [0.2, 0.25) is 0 Å². The normalized spacial score (nSPS) is 9.89. The van der Waals surface area contributed by atoms with Crippen LogP contribution in [-0.4, -0.2) is 0 Å². The van der Waals surface area contributed by atoms with E-state index in [1.54, 1.807) is 0 Å². The molecule has 2 rings (SSSR count). The van der Waals surface area contributed by atoms with Crippen molar-refractivity contribution in [3.8, 4) is 6.07 Å². The molecule has 0 atom stereocenters. The van der Waals surface area contributed by atoms with Crippen LogP contribution in [0.1, 0.15) is 11.1 Å². The van der Waals surface area contributed by atoms with Gasteiger partial charge in [0.1, 0.15) is 0 Å². The topological polar surface area (TPSA) is 35.8 Å². The molecule has 0 radical (unpaired) electrons. The van der Waals surface area contributed by atoms with Crippen molar-refractivity contribution in [3.05, 3.63) is 55.6 Å². The smallest absolute Gasteiger partial charge is 0.0994 e. The van der Waals surface area contributed by atoms with E-state index < -0.39 is 0 Å². The monoisotopic (exact) mass is 412 g/mol. The molecule has 0 bridgehead atoms. The molecule has 0 unspecified atom stereocenters. The number of nitrogens with one attached hydrogen (secondary N) is 1. The number of aryl methyl sites for hydroxylation is 1. The lowest BCUT2D eigenvalue weighted by molar-refractivity contribution is 1.38. The summed E-state index contributed by atoms with van der Waals surface area (Å²) in [5.74, 6) is 0. The number of hydrogen-bond donors (Lipinski definition) is 1. The van der Waals surface area contributed by atoms with Gasteiger partial charge >= 0.3 is 0 Å². The van der Waals surface area contributed by atoms with Gasteiger partial charge in [-0.2, -0.15) is 5.26 Å². The van der Waals surface area contributed by atoms with Crippen LogP contribution in [0.15, 0.2) is 40.9 Å². The van der Waals surface area contributed by atoms with Crippen LogP contribution in [-0.2, 0) is 0 Å². The molecule has 2 nitrogen and oxygen atoms in total. The van der Waals surface area contributed by atoms with Gasteiger partial charge in [0.15, 0.2) is 0 Å². The zero-order valence-electron chi connectivity index (χ0n) is 9.67. The average molecular weight is 413 g/mol. The molecular weight excluding hydrogens is 403 g/mol. The van der Waals surface area contributed by atoms with E-state index in [1.165, 1.54) is 3.57 Å². The lowest BCUT2D eigenvalue weighted by Crippen LogP contribution is -1.92. The van der Waals surface area contributed by atoms with Crippen LogP contribution in [0.4, 0.5) is 11.4 Å². The zero-order chi connectivity index (χ0) is 13.1. The molecule has 0 amide bonds. The lowest BCUT2D eigenvalue weighted by atomic mass is 10.1. The van der Waals surface area contributed by atoms with E-state index in [9.17, 15) is 0 Å². The van der Waals surface area contributed by atoms with Gasteiger partial charge in [0.25, 0.3) is 0 Å². The van der Waals surface area contributed by atoms with Crippen LogP contribution in [0.5, 0.6) is 0 Å². The fourth-order valence-electron chi connectivity index (χ4n) is 1.61. The first kappa shape index (κ1) is 13.4. The predicted molar refractivity (Wildman–Crippen MR) is 86.0 cm³/mol. The van der Waals surface area contributed by atoms with Crippen molar-refractivity contribution in [1.82, 2.24) is 0 Å². The minimum atomic E-state index is 0.712. The molecule has 4 heteroatoms. The molecule has 0 heterocycles. The fraction of sp³-hybridized carbons (Fsp3) is 0.0714. The third-order valence-corrected chi connectivity index (χ3v) is 4.89. The summed E-state index contributed by atoms with van der Waals surface area (Å²) in [5.41, 5.74) is 3.70. The minimum absolute atomic E-state index is 0.712. The van der Waals surface area contributed by atoms with Crippen LogP contribution in [0.25, 0.3) is 0 Å². The van der Waals surface area contributed by atoms with E-state index in [4.69, 9.17) is 5.26 Å². The Hall–Kier alpha value is -1.06. The van der Waals surface area contributed by atoms with Gasteiger partial charge in [0.05, 0.1) is 11.6 Å². The first-order chi connectivity index (χ1) is 8.60. The SMILES string of the molecule is Cc1cc(Nc2ccc(I)c(Br)c2)ccc1C#N.